The van der Waals surface area contributed by atoms with Crippen LogP contribution < -0.4 is 5.32 Å². The summed E-state index contributed by atoms with van der Waals surface area (Å²) in [5, 5.41) is 13.3. The minimum absolute atomic E-state index is 0.370. The van der Waals surface area contributed by atoms with Crippen LogP contribution in [0.3, 0.4) is 0 Å². The van der Waals surface area contributed by atoms with Gasteiger partial charge in [-0.25, -0.2) is 0 Å². The van der Waals surface area contributed by atoms with Gasteiger partial charge >= 0.3 is 0 Å². The number of hydrogen-bond donors (Lipinski definition) is 2. The maximum atomic E-state index is 9.43. The fourth-order valence-corrected chi connectivity index (χ4v) is 4.11. The van der Waals surface area contributed by atoms with Crippen LogP contribution in [-0.4, -0.2) is 23.8 Å². The average Bonchev–Trinajstić information content (AvgIpc) is 2.63. The van der Waals surface area contributed by atoms with Gasteiger partial charge in [0.2, 0.25) is 0 Å². The lowest BCUT2D eigenvalue weighted by molar-refractivity contribution is 0.194. The van der Waals surface area contributed by atoms with Crippen LogP contribution in [0.4, 0.5) is 0 Å². The van der Waals surface area contributed by atoms with E-state index in [9.17, 15) is 5.11 Å². The van der Waals surface area contributed by atoms with Crippen molar-refractivity contribution < 1.29 is 5.11 Å². The Bertz CT molecular complexity index is 271. The molecule has 112 valence electrons. The molecule has 2 nitrogen and oxygen atoms in total. The molecule has 0 radical (unpaired) electrons. The van der Waals surface area contributed by atoms with Crippen molar-refractivity contribution in [3.05, 3.63) is 0 Å². The van der Waals surface area contributed by atoms with Crippen molar-refractivity contribution in [3.8, 4) is 0 Å². The second kappa shape index (κ2) is 6.58. The monoisotopic (exact) mass is 267 g/mol. The summed E-state index contributed by atoms with van der Waals surface area (Å²) < 4.78 is 0. The van der Waals surface area contributed by atoms with Gasteiger partial charge in [0.25, 0.3) is 0 Å². The largest absolute Gasteiger partial charge is 0.396 e. The van der Waals surface area contributed by atoms with Crippen molar-refractivity contribution in [2.45, 2.75) is 84.2 Å². The van der Waals surface area contributed by atoms with Gasteiger partial charge in [-0.1, -0.05) is 33.6 Å². The van der Waals surface area contributed by atoms with E-state index in [1.807, 2.05) is 0 Å². The summed E-state index contributed by atoms with van der Waals surface area (Å²) in [5.74, 6) is 1.40. The second-order valence-corrected chi connectivity index (χ2v) is 7.91. The van der Waals surface area contributed by atoms with E-state index in [1.54, 1.807) is 0 Å². The van der Waals surface area contributed by atoms with Crippen LogP contribution in [0.25, 0.3) is 0 Å². The first-order valence-electron chi connectivity index (χ1n) is 8.37. The lowest BCUT2D eigenvalue weighted by atomic mass is 9.76. The molecule has 0 saturated heterocycles. The van der Waals surface area contributed by atoms with E-state index in [0.29, 0.717) is 30.0 Å². The van der Waals surface area contributed by atoms with Crippen molar-refractivity contribution in [3.63, 3.8) is 0 Å². The van der Waals surface area contributed by atoms with Crippen molar-refractivity contribution in [1.82, 2.24) is 5.32 Å². The van der Waals surface area contributed by atoms with Gasteiger partial charge in [0.1, 0.15) is 0 Å². The van der Waals surface area contributed by atoms with Crippen molar-refractivity contribution in [1.29, 1.82) is 0 Å². The summed E-state index contributed by atoms with van der Waals surface area (Å²) >= 11 is 0. The molecule has 0 amide bonds. The minimum Gasteiger partial charge on any atom is -0.396 e. The van der Waals surface area contributed by atoms with Crippen LogP contribution in [0, 0.1) is 17.3 Å². The maximum absolute atomic E-state index is 9.43. The third kappa shape index (κ3) is 4.19. The molecule has 4 atom stereocenters. The molecule has 2 aliphatic rings. The Labute approximate surface area is 119 Å². The molecule has 2 aliphatic carbocycles. The molecule has 19 heavy (non-hydrogen) atoms. The van der Waals surface area contributed by atoms with E-state index in [-0.39, 0.29) is 0 Å². The first-order chi connectivity index (χ1) is 9.00. The zero-order valence-electron chi connectivity index (χ0n) is 13.1. The van der Waals surface area contributed by atoms with E-state index in [2.05, 4.69) is 26.1 Å². The molecule has 2 rings (SSSR count). The van der Waals surface area contributed by atoms with Gasteiger partial charge in [0, 0.05) is 18.7 Å². The van der Waals surface area contributed by atoms with Gasteiger partial charge in [-0.3, -0.25) is 0 Å². The number of nitrogens with one attached hydrogen (secondary N) is 1. The van der Waals surface area contributed by atoms with Gasteiger partial charge in [-0.05, 0) is 55.8 Å². The Hall–Kier alpha value is -0.0800. The number of hydrogen-bond acceptors (Lipinski definition) is 2. The highest BCUT2D eigenvalue weighted by molar-refractivity contribution is 4.88. The van der Waals surface area contributed by atoms with Crippen LogP contribution in [0.1, 0.15) is 72.1 Å². The first-order valence-corrected chi connectivity index (χ1v) is 8.37. The summed E-state index contributed by atoms with van der Waals surface area (Å²) in [6.45, 7) is 7.55. The second-order valence-electron chi connectivity index (χ2n) is 7.91. The smallest absolute Gasteiger partial charge is 0.0474 e. The molecular weight excluding hydrogens is 234 g/mol. The lowest BCUT2D eigenvalue weighted by Crippen LogP contribution is -2.41. The molecule has 0 heterocycles. The third-order valence-corrected chi connectivity index (χ3v) is 5.54. The van der Waals surface area contributed by atoms with E-state index in [1.165, 1.54) is 51.4 Å². The Morgan fingerprint density at radius 1 is 0.947 bits per heavy atom. The van der Waals surface area contributed by atoms with Crippen LogP contribution in [0.5, 0.6) is 0 Å². The van der Waals surface area contributed by atoms with Gasteiger partial charge in [-0.15, -0.1) is 0 Å². The summed E-state index contributed by atoms with van der Waals surface area (Å²) in [7, 11) is 0. The lowest BCUT2D eigenvalue weighted by Gasteiger charge is -2.30. The summed E-state index contributed by atoms with van der Waals surface area (Å²) in [6, 6.07) is 1.28. The van der Waals surface area contributed by atoms with E-state index >= 15 is 0 Å². The van der Waals surface area contributed by atoms with Crippen molar-refractivity contribution in [2.24, 2.45) is 17.3 Å². The van der Waals surface area contributed by atoms with Crippen LogP contribution in [-0.2, 0) is 0 Å². The van der Waals surface area contributed by atoms with E-state index in [0.717, 1.165) is 5.92 Å². The number of aliphatic hydroxyl groups is 1. The Morgan fingerprint density at radius 3 is 2.37 bits per heavy atom. The molecule has 0 aromatic heterocycles. The van der Waals surface area contributed by atoms with Crippen LogP contribution >= 0.6 is 0 Å². The molecule has 0 aromatic rings. The topological polar surface area (TPSA) is 32.3 Å². The molecule has 2 heteroatoms. The molecular formula is C17H33NO. The summed E-state index contributed by atoms with van der Waals surface area (Å²) in [6.07, 6.45) is 10.6. The highest BCUT2D eigenvalue weighted by Gasteiger charge is 2.31. The molecule has 4 unspecified atom stereocenters. The molecule has 2 N–H and O–H groups in total. The van der Waals surface area contributed by atoms with Crippen molar-refractivity contribution in [2.75, 3.05) is 6.61 Å². The first kappa shape index (κ1) is 15.3. The number of rotatable bonds is 3. The quantitative estimate of drug-likeness (QED) is 0.764. The molecule has 0 aliphatic heterocycles. The SMILES string of the molecule is CC(C)(C)C1CCCC(NC2CCCC2CO)CC1. The molecule has 0 spiro atoms. The summed E-state index contributed by atoms with van der Waals surface area (Å²) in [5.41, 5.74) is 0.468. The normalized spacial score (nSPS) is 37.3. The van der Waals surface area contributed by atoms with E-state index in [4.69, 9.17) is 0 Å². The zero-order valence-corrected chi connectivity index (χ0v) is 13.1. The Balaban J connectivity index is 1.82. The zero-order chi connectivity index (χ0) is 13.9. The number of aliphatic hydroxyl groups excluding tert-OH is 1. The molecule has 2 saturated carbocycles. The highest BCUT2D eigenvalue weighted by atomic mass is 16.3. The van der Waals surface area contributed by atoms with Gasteiger partial charge in [-0.2, -0.15) is 0 Å². The Morgan fingerprint density at radius 2 is 1.68 bits per heavy atom. The molecule has 0 aromatic carbocycles. The van der Waals surface area contributed by atoms with Crippen LogP contribution in [0.2, 0.25) is 0 Å². The maximum Gasteiger partial charge on any atom is 0.0474 e. The summed E-state index contributed by atoms with van der Waals surface area (Å²) in [4.78, 5) is 0. The molecule has 0 bridgehead atoms. The Kier molecular flexibility index (Phi) is 5.30. The predicted molar refractivity (Wildman–Crippen MR) is 81.2 cm³/mol. The van der Waals surface area contributed by atoms with Gasteiger partial charge < -0.3 is 10.4 Å². The minimum atomic E-state index is 0.370. The van der Waals surface area contributed by atoms with Crippen molar-refractivity contribution >= 4 is 0 Å². The predicted octanol–water partition coefficient (Wildman–Crippen LogP) is 3.73. The van der Waals surface area contributed by atoms with Gasteiger partial charge in [0.15, 0.2) is 0 Å². The molecule has 2 fully saturated rings. The fraction of sp³-hybridized carbons (Fsp3) is 1.00. The fourth-order valence-electron chi connectivity index (χ4n) is 4.11. The third-order valence-electron chi connectivity index (χ3n) is 5.54. The standard InChI is InChI=1S/C17H33NO/c1-17(2,3)14-7-5-8-15(11-10-14)18-16-9-4-6-13(16)12-19/h13-16,18-19H,4-12H2,1-3H3. The highest BCUT2D eigenvalue weighted by Crippen LogP contribution is 2.37. The van der Waals surface area contributed by atoms with Gasteiger partial charge in [0.05, 0.1) is 0 Å². The van der Waals surface area contributed by atoms with Crippen LogP contribution in [0.15, 0.2) is 0 Å². The van der Waals surface area contributed by atoms with E-state index < -0.39 is 0 Å². The average molecular weight is 267 g/mol.